The second-order valence-electron chi connectivity index (χ2n) is 12.8. The molecule has 48 heavy (non-hydrogen) atoms. The van der Waals surface area contributed by atoms with E-state index in [1.54, 1.807) is 30.3 Å². The van der Waals surface area contributed by atoms with Gasteiger partial charge in [-0.25, -0.2) is 0 Å². The van der Waals surface area contributed by atoms with E-state index in [1.807, 2.05) is 0 Å². The summed E-state index contributed by atoms with van der Waals surface area (Å²) in [7, 11) is 0. The van der Waals surface area contributed by atoms with Crippen molar-refractivity contribution >= 4 is 40.4 Å². The van der Waals surface area contributed by atoms with Crippen molar-refractivity contribution in [3.8, 4) is 10.4 Å². The Morgan fingerprint density at radius 2 is 1.06 bits per heavy atom. The number of rotatable bonds is 3. The summed E-state index contributed by atoms with van der Waals surface area (Å²) < 4.78 is 188. The van der Waals surface area contributed by atoms with Crippen molar-refractivity contribution in [1.82, 2.24) is 0 Å². The standard InChI is InChI=1S/C33H22F12S3/c1-13-12-26(4)24(46-13)22-23(31(40,41)33(44,45)30(22,38)39)25-27(26,5)19(15(3)48-25)21-20(28(34,35)32(42,43)29(21,36)37)17-11-18(47-14(17)2)16-9-7-6-8-10-16/h6-12H,1-5H3/t26-,27-/m1/s1. The number of hydrogen-bond acceptors (Lipinski definition) is 3. The SMILES string of the molecule is CC1=C[C@]2(C)C(=C3C(=C4SC(C)=C(C5=C(c6cc(-c7ccccc7)sc6C)C(F)(F)C(F)(F)C5(F)F)[C@]42C)C(F)(F)C(F)(F)C3(F)F)S1. The first kappa shape index (κ1) is 34.0. The quantitative estimate of drug-likeness (QED) is 0.287. The zero-order valence-corrected chi connectivity index (χ0v) is 27.8. The number of aryl methyl sites for hydroxylation is 1. The first-order chi connectivity index (χ1) is 21.8. The predicted octanol–water partition coefficient (Wildman–Crippen LogP) is 12.5. The topological polar surface area (TPSA) is 0 Å². The molecule has 1 aromatic heterocycles. The number of thiophene rings is 1. The van der Waals surface area contributed by atoms with Crippen LogP contribution in [0.2, 0.25) is 0 Å². The minimum atomic E-state index is -6.02. The van der Waals surface area contributed by atoms with Crippen LogP contribution in [-0.2, 0) is 0 Å². The van der Waals surface area contributed by atoms with Crippen LogP contribution in [0.15, 0.2) is 84.4 Å². The van der Waals surface area contributed by atoms with E-state index < -0.39 is 94.5 Å². The zero-order valence-electron chi connectivity index (χ0n) is 25.3. The maximum absolute atomic E-state index is 16.3. The molecule has 0 nitrogen and oxygen atoms in total. The molecule has 2 aromatic rings. The van der Waals surface area contributed by atoms with Crippen LogP contribution in [-0.4, -0.2) is 35.5 Å². The van der Waals surface area contributed by atoms with Crippen LogP contribution in [0.3, 0.4) is 0 Å². The minimum absolute atomic E-state index is 0.0336. The molecule has 0 radical (unpaired) electrons. The van der Waals surface area contributed by atoms with Crippen LogP contribution in [0.25, 0.3) is 16.0 Å². The van der Waals surface area contributed by atoms with Gasteiger partial charge in [0.1, 0.15) is 0 Å². The summed E-state index contributed by atoms with van der Waals surface area (Å²) in [6.07, 6.45) is 1.23. The first-order valence-electron chi connectivity index (χ1n) is 14.3. The number of thioether (sulfide) groups is 2. The average molecular weight is 743 g/mol. The Morgan fingerprint density at radius 1 is 0.562 bits per heavy atom. The Kier molecular flexibility index (Phi) is 6.66. The van der Waals surface area contributed by atoms with Gasteiger partial charge in [0.05, 0.1) is 0 Å². The largest absolute Gasteiger partial charge is 0.380 e. The van der Waals surface area contributed by atoms with Gasteiger partial charge < -0.3 is 0 Å². The van der Waals surface area contributed by atoms with E-state index in [4.69, 9.17) is 0 Å². The Hall–Kier alpha value is -2.52. The lowest BCUT2D eigenvalue weighted by Crippen LogP contribution is -2.50. The van der Waals surface area contributed by atoms with E-state index in [-0.39, 0.29) is 26.4 Å². The predicted molar refractivity (Wildman–Crippen MR) is 163 cm³/mol. The van der Waals surface area contributed by atoms with E-state index in [9.17, 15) is 0 Å². The summed E-state index contributed by atoms with van der Waals surface area (Å²) >= 11 is 1.49. The summed E-state index contributed by atoms with van der Waals surface area (Å²) in [6.45, 7) is 5.82. The van der Waals surface area contributed by atoms with E-state index in [0.29, 0.717) is 17.3 Å². The fourth-order valence-corrected chi connectivity index (χ4v) is 11.7. The van der Waals surface area contributed by atoms with Gasteiger partial charge in [0.2, 0.25) is 0 Å². The third-order valence-corrected chi connectivity index (χ3v) is 13.8. The number of hydrogen-bond donors (Lipinski definition) is 0. The maximum atomic E-state index is 16.3. The molecule has 0 unspecified atom stereocenters. The molecular weight excluding hydrogens is 721 g/mol. The molecule has 0 spiro atoms. The van der Waals surface area contributed by atoms with Gasteiger partial charge in [0.15, 0.2) is 0 Å². The van der Waals surface area contributed by atoms with Gasteiger partial charge in [-0.1, -0.05) is 66.9 Å². The molecule has 5 aliphatic rings. The highest BCUT2D eigenvalue weighted by atomic mass is 32.2. The lowest BCUT2D eigenvalue weighted by molar-refractivity contribution is -0.259. The summed E-state index contributed by atoms with van der Waals surface area (Å²) in [6, 6.07) is 9.15. The highest BCUT2D eigenvalue weighted by molar-refractivity contribution is 8.07. The summed E-state index contributed by atoms with van der Waals surface area (Å²) in [4.78, 5) is -1.68. The average Bonchev–Trinajstić information content (AvgIpc) is 3.64. The lowest BCUT2D eigenvalue weighted by atomic mass is 9.55. The number of alkyl halides is 12. The molecule has 0 saturated heterocycles. The zero-order chi connectivity index (χ0) is 35.6. The fraction of sp³-hybridized carbons (Fsp3) is 0.394. The van der Waals surface area contributed by atoms with E-state index in [1.165, 1.54) is 19.9 Å². The Morgan fingerprint density at radius 3 is 1.62 bits per heavy atom. The number of halogens is 12. The van der Waals surface area contributed by atoms with E-state index >= 15 is 52.7 Å². The third-order valence-electron chi connectivity index (χ3n) is 10.1. The number of fused-ring (bicyclic) bond motifs is 4. The van der Waals surface area contributed by atoms with Gasteiger partial charge >= 0.3 is 35.5 Å². The van der Waals surface area contributed by atoms with Crippen LogP contribution in [0.1, 0.15) is 38.1 Å². The van der Waals surface area contributed by atoms with Crippen molar-refractivity contribution in [2.75, 3.05) is 0 Å². The molecule has 1 fully saturated rings. The second-order valence-corrected chi connectivity index (χ2v) is 16.5. The number of allylic oxidation sites excluding steroid dienone is 10. The highest BCUT2D eigenvalue weighted by Crippen LogP contribution is 2.81. The minimum Gasteiger partial charge on any atom is -0.194 e. The molecule has 15 heteroatoms. The highest BCUT2D eigenvalue weighted by Gasteiger charge is 2.86. The molecule has 7 rings (SSSR count). The smallest absolute Gasteiger partial charge is 0.194 e. The maximum Gasteiger partial charge on any atom is 0.380 e. The van der Waals surface area contributed by atoms with Crippen LogP contribution in [0, 0.1) is 17.8 Å². The van der Waals surface area contributed by atoms with Crippen molar-refractivity contribution in [3.05, 3.63) is 94.8 Å². The van der Waals surface area contributed by atoms with Gasteiger partial charge in [-0.05, 0) is 60.3 Å². The molecule has 2 aliphatic heterocycles. The van der Waals surface area contributed by atoms with Gasteiger partial charge in [0, 0.05) is 52.7 Å². The monoisotopic (exact) mass is 742 g/mol. The van der Waals surface area contributed by atoms with Gasteiger partial charge in [-0.2, -0.15) is 52.7 Å². The van der Waals surface area contributed by atoms with Crippen LogP contribution in [0.4, 0.5) is 52.7 Å². The van der Waals surface area contributed by atoms with Crippen LogP contribution in [0.5, 0.6) is 0 Å². The summed E-state index contributed by atoms with van der Waals surface area (Å²) in [5.74, 6) is -34.1. The second kappa shape index (κ2) is 9.42. The Bertz CT molecular complexity index is 1990. The van der Waals surface area contributed by atoms with Crippen molar-refractivity contribution in [3.63, 3.8) is 0 Å². The van der Waals surface area contributed by atoms with Gasteiger partial charge in [-0.3, -0.25) is 0 Å². The molecule has 3 aliphatic carbocycles. The third kappa shape index (κ3) is 3.51. The molecule has 256 valence electrons. The van der Waals surface area contributed by atoms with Gasteiger partial charge in [-0.15, -0.1) is 11.3 Å². The fourth-order valence-electron chi connectivity index (χ4n) is 7.67. The van der Waals surface area contributed by atoms with Crippen molar-refractivity contribution in [1.29, 1.82) is 0 Å². The number of benzene rings is 1. The molecule has 0 N–H and O–H groups in total. The first-order valence-corrected chi connectivity index (χ1v) is 16.8. The molecule has 2 atom stereocenters. The normalized spacial score (nSPS) is 31.8. The molecular formula is C33H22F12S3. The van der Waals surface area contributed by atoms with E-state index in [0.717, 1.165) is 38.2 Å². The summed E-state index contributed by atoms with van der Waals surface area (Å²) in [5.41, 5.74) is -12.7. The van der Waals surface area contributed by atoms with Crippen molar-refractivity contribution < 1.29 is 52.7 Å². The van der Waals surface area contributed by atoms with Crippen molar-refractivity contribution in [2.45, 2.75) is 70.2 Å². The Balaban J connectivity index is 1.60. The summed E-state index contributed by atoms with van der Waals surface area (Å²) in [5, 5.41) is 0. The lowest BCUT2D eigenvalue weighted by Gasteiger charge is -2.49. The van der Waals surface area contributed by atoms with Crippen LogP contribution < -0.4 is 0 Å². The molecule has 3 heterocycles. The molecule has 1 aromatic carbocycles. The van der Waals surface area contributed by atoms with Crippen LogP contribution >= 0.6 is 34.9 Å². The van der Waals surface area contributed by atoms with Gasteiger partial charge in [0.25, 0.3) is 0 Å². The molecule has 0 amide bonds. The van der Waals surface area contributed by atoms with E-state index in [2.05, 4.69) is 0 Å². The molecule has 0 bridgehead atoms. The van der Waals surface area contributed by atoms with Crippen molar-refractivity contribution in [2.24, 2.45) is 10.8 Å². The molecule has 1 saturated carbocycles. The Labute approximate surface area is 278 Å².